The fraction of sp³-hybridized carbons (Fsp3) is 0.200. The Morgan fingerprint density at radius 1 is 1.06 bits per heavy atom. The predicted octanol–water partition coefficient (Wildman–Crippen LogP) is -0.0492. The van der Waals surface area contributed by atoms with Gasteiger partial charge in [0.1, 0.15) is 0 Å². The topological polar surface area (TPSA) is 74.6 Å². The molecule has 0 bridgehead atoms. The normalized spacial score (nSPS) is 8.88. The van der Waals surface area contributed by atoms with Crippen molar-refractivity contribution in [3.63, 3.8) is 0 Å². The monoisotopic (exact) mass is 258 g/mol. The second-order valence-electron chi connectivity index (χ2n) is 3.02. The first-order valence-electron chi connectivity index (χ1n) is 4.04. The summed E-state index contributed by atoms with van der Waals surface area (Å²) in [4.78, 5) is 21.3. The summed E-state index contributed by atoms with van der Waals surface area (Å²) in [5.74, 6) is -4.17. The Balaban J connectivity index is 0. The van der Waals surface area contributed by atoms with Gasteiger partial charge < -0.3 is 10.2 Å². The quantitative estimate of drug-likeness (QED) is 0.589. The Morgan fingerprint density at radius 3 is 1.75 bits per heavy atom. The Labute approximate surface area is 158 Å². The average molecular weight is 258 g/mol. The summed E-state index contributed by atoms with van der Waals surface area (Å²) < 4.78 is 0. The van der Waals surface area contributed by atoms with Crippen molar-refractivity contribution in [2.45, 2.75) is 12.8 Å². The van der Waals surface area contributed by atoms with Gasteiger partial charge in [0.05, 0.1) is 0 Å². The van der Waals surface area contributed by atoms with E-state index in [1.165, 1.54) is 12.1 Å². The number of aliphatic carboxylic acids is 2. The minimum atomic E-state index is -1.48. The van der Waals surface area contributed by atoms with E-state index in [4.69, 9.17) is 10.2 Å². The molecule has 0 aliphatic rings. The van der Waals surface area contributed by atoms with Gasteiger partial charge in [0.2, 0.25) is 0 Å². The molecular formula is C10H12KNaO4. The average Bonchev–Trinajstić information content (AvgIpc) is 2.07. The van der Waals surface area contributed by atoms with Gasteiger partial charge >= 0.3 is 92.9 Å². The van der Waals surface area contributed by atoms with E-state index in [-0.39, 0.29) is 86.5 Å². The minimum absolute atomic E-state index is 0. The molecule has 0 saturated heterocycles. The molecule has 0 aliphatic heterocycles. The molecule has 0 radical (unpaired) electrons. The fourth-order valence-corrected chi connectivity index (χ4v) is 1.15. The van der Waals surface area contributed by atoms with Crippen LogP contribution >= 0.6 is 0 Å². The number of benzene rings is 1. The van der Waals surface area contributed by atoms with E-state index in [2.05, 4.69) is 0 Å². The summed E-state index contributed by atoms with van der Waals surface area (Å²) in [5.41, 5.74) is 1.25. The van der Waals surface area contributed by atoms with Crippen LogP contribution in [0, 0.1) is 6.92 Å². The fourth-order valence-electron chi connectivity index (χ4n) is 1.15. The molecule has 6 heteroatoms. The van der Waals surface area contributed by atoms with Gasteiger partial charge in [-0.1, -0.05) is 29.8 Å². The summed E-state index contributed by atoms with van der Waals surface area (Å²) in [5, 5.41) is 17.4. The van der Waals surface area contributed by atoms with Gasteiger partial charge in [0, 0.05) is 0 Å². The molecule has 16 heavy (non-hydrogen) atoms. The van der Waals surface area contributed by atoms with Crippen LogP contribution in [0.5, 0.6) is 0 Å². The molecule has 0 atom stereocenters. The Hall–Kier alpha value is 0.796. The van der Waals surface area contributed by atoms with Crippen LogP contribution in [-0.2, 0) is 9.59 Å². The first kappa shape index (κ1) is 19.1. The van der Waals surface area contributed by atoms with Crippen LogP contribution in [0.3, 0.4) is 0 Å². The molecular weight excluding hydrogens is 246 g/mol. The molecule has 2 N–H and O–H groups in total. The van der Waals surface area contributed by atoms with Crippen LogP contribution in [0.15, 0.2) is 24.3 Å². The molecule has 0 fully saturated rings. The van der Waals surface area contributed by atoms with Crippen molar-refractivity contribution < 1.29 is 19.8 Å². The SMILES string of the molecule is Cc1ccc(C(C(=O)O)C(=O)O)cc1.[KH].[NaH]. The third-order valence-corrected chi connectivity index (χ3v) is 1.90. The van der Waals surface area contributed by atoms with Crippen molar-refractivity contribution in [3.05, 3.63) is 35.4 Å². The second-order valence-corrected chi connectivity index (χ2v) is 3.02. The van der Waals surface area contributed by atoms with Gasteiger partial charge in [-0.25, -0.2) is 0 Å². The Bertz CT molecular complexity index is 350. The summed E-state index contributed by atoms with van der Waals surface area (Å²) in [6, 6.07) is 6.41. The Morgan fingerprint density at radius 2 is 1.44 bits per heavy atom. The van der Waals surface area contributed by atoms with Crippen LogP contribution < -0.4 is 0 Å². The molecule has 1 rings (SSSR count). The predicted molar refractivity (Wildman–Crippen MR) is 63.5 cm³/mol. The molecule has 1 aromatic rings. The van der Waals surface area contributed by atoms with E-state index in [0.29, 0.717) is 0 Å². The van der Waals surface area contributed by atoms with E-state index in [1.54, 1.807) is 12.1 Å². The van der Waals surface area contributed by atoms with Crippen LogP contribution in [0.25, 0.3) is 0 Å². The maximum atomic E-state index is 10.6. The summed E-state index contributed by atoms with van der Waals surface area (Å²) in [6.45, 7) is 1.85. The van der Waals surface area contributed by atoms with Gasteiger partial charge in [-0.15, -0.1) is 0 Å². The van der Waals surface area contributed by atoms with Crippen molar-refractivity contribution in [1.82, 2.24) is 0 Å². The molecule has 78 valence electrons. The van der Waals surface area contributed by atoms with Crippen LogP contribution in [-0.4, -0.2) is 103 Å². The summed E-state index contributed by atoms with van der Waals surface area (Å²) in [6.07, 6.45) is 0. The number of carbonyl (C=O) groups is 2. The molecule has 0 heterocycles. The van der Waals surface area contributed by atoms with Gasteiger partial charge in [0.15, 0.2) is 5.92 Å². The molecule has 0 amide bonds. The van der Waals surface area contributed by atoms with Crippen molar-refractivity contribution in [3.8, 4) is 0 Å². The van der Waals surface area contributed by atoms with E-state index < -0.39 is 17.9 Å². The van der Waals surface area contributed by atoms with Gasteiger partial charge in [-0.3, -0.25) is 9.59 Å². The zero-order valence-electron chi connectivity index (χ0n) is 7.60. The number of hydrogen-bond acceptors (Lipinski definition) is 2. The molecule has 0 spiro atoms. The molecule has 0 unspecified atom stereocenters. The molecule has 4 nitrogen and oxygen atoms in total. The van der Waals surface area contributed by atoms with Crippen molar-refractivity contribution in [1.29, 1.82) is 0 Å². The summed E-state index contributed by atoms with van der Waals surface area (Å²) >= 11 is 0. The van der Waals surface area contributed by atoms with E-state index >= 15 is 0 Å². The second kappa shape index (κ2) is 8.82. The first-order chi connectivity index (χ1) is 6.52. The van der Waals surface area contributed by atoms with E-state index in [0.717, 1.165) is 5.56 Å². The van der Waals surface area contributed by atoms with E-state index in [9.17, 15) is 9.59 Å². The molecule has 0 saturated carbocycles. The van der Waals surface area contributed by atoms with E-state index in [1.807, 2.05) is 6.92 Å². The zero-order chi connectivity index (χ0) is 10.7. The standard InChI is InChI=1S/C10H10O4.K.Na.2H/c1-6-2-4-7(5-3-6)8(9(11)12)10(13)14;;;;/h2-5,8H,1H3,(H,11,12)(H,13,14);;;;. The number of carboxylic acids is 2. The Kier molecular flexibility index (Phi) is 10.6. The molecule has 0 aromatic heterocycles. The maximum absolute atomic E-state index is 10.6. The number of carboxylic acid groups (broad SMARTS) is 2. The zero-order valence-corrected chi connectivity index (χ0v) is 7.60. The third-order valence-electron chi connectivity index (χ3n) is 1.90. The van der Waals surface area contributed by atoms with Crippen molar-refractivity contribution in [2.75, 3.05) is 0 Å². The van der Waals surface area contributed by atoms with Gasteiger partial charge in [0.25, 0.3) is 0 Å². The van der Waals surface area contributed by atoms with Gasteiger partial charge in [-0.2, -0.15) is 0 Å². The molecule has 0 aliphatic carbocycles. The number of rotatable bonds is 3. The third kappa shape index (κ3) is 5.42. The van der Waals surface area contributed by atoms with Crippen molar-refractivity contribution >= 4 is 92.9 Å². The number of hydrogen-bond donors (Lipinski definition) is 2. The van der Waals surface area contributed by atoms with Gasteiger partial charge in [-0.05, 0) is 12.5 Å². The van der Waals surface area contributed by atoms with Crippen molar-refractivity contribution in [2.24, 2.45) is 0 Å². The number of aryl methyl sites for hydroxylation is 1. The van der Waals surface area contributed by atoms with Crippen LogP contribution in [0.4, 0.5) is 0 Å². The van der Waals surface area contributed by atoms with Crippen LogP contribution in [0.1, 0.15) is 17.0 Å². The summed E-state index contributed by atoms with van der Waals surface area (Å²) in [7, 11) is 0. The molecule has 1 aromatic carbocycles. The first-order valence-corrected chi connectivity index (χ1v) is 4.04. The van der Waals surface area contributed by atoms with Crippen LogP contribution in [0.2, 0.25) is 0 Å².